The van der Waals surface area contributed by atoms with Crippen LogP contribution in [0, 0.1) is 13.8 Å². The van der Waals surface area contributed by atoms with Crippen LogP contribution in [0.25, 0.3) is 10.1 Å². The Hall–Kier alpha value is -0.830. The molecule has 0 N–H and O–H groups in total. The SMILES string of the molecule is Cc1cc(Cl)c(C(Br)c2cc3ccccc3s2)cc1C. The minimum atomic E-state index is 0.145. The zero-order valence-electron chi connectivity index (χ0n) is 11.3. The number of halogens is 2. The van der Waals surface area contributed by atoms with Crippen LogP contribution in [-0.4, -0.2) is 0 Å². The lowest BCUT2D eigenvalue weighted by Crippen LogP contribution is -1.94. The van der Waals surface area contributed by atoms with Crippen LogP contribution in [0.2, 0.25) is 5.02 Å². The molecule has 3 aromatic rings. The average molecular weight is 366 g/mol. The summed E-state index contributed by atoms with van der Waals surface area (Å²) in [6.07, 6.45) is 0. The van der Waals surface area contributed by atoms with Crippen LogP contribution in [0.4, 0.5) is 0 Å². The third-order valence-corrected chi connectivity index (χ3v) is 6.38. The molecule has 2 aromatic carbocycles. The van der Waals surface area contributed by atoms with Crippen molar-refractivity contribution < 1.29 is 0 Å². The molecule has 0 nitrogen and oxygen atoms in total. The highest BCUT2D eigenvalue weighted by Crippen LogP contribution is 2.41. The van der Waals surface area contributed by atoms with Crippen LogP contribution in [0.15, 0.2) is 42.5 Å². The van der Waals surface area contributed by atoms with Gasteiger partial charge < -0.3 is 0 Å². The summed E-state index contributed by atoms with van der Waals surface area (Å²) >= 11 is 12.0. The predicted molar refractivity (Wildman–Crippen MR) is 93.5 cm³/mol. The Morgan fingerprint density at radius 2 is 1.75 bits per heavy atom. The molecule has 3 rings (SSSR count). The molecule has 0 aliphatic heterocycles. The van der Waals surface area contributed by atoms with Gasteiger partial charge in [0.25, 0.3) is 0 Å². The number of hydrogen-bond acceptors (Lipinski definition) is 1. The molecule has 0 saturated heterocycles. The molecule has 0 fully saturated rings. The zero-order chi connectivity index (χ0) is 14.3. The number of benzene rings is 2. The van der Waals surface area contributed by atoms with Crippen LogP contribution in [0.1, 0.15) is 26.4 Å². The van der Waals surface area contributed by atoms with Crippen LogP contribution in [0.5, 0.6) is 0 Å². The van der Waals surface area contributed by atoms with E-state index in [-0.39, 0.29) is 4.83 Å². The Balaban J connectivity index is 2.07. The van der Waals surface area contributed by atoms with E-state index in [1.807, 2.05) is 17.4 Å². The lowest BCUT2D eigenvalue weighted by Gasteiger charge is -2.13. The van der Waals surface area contributed by atoms with Gasteiger partial charge in [0.05, 0.1) is 4.83 Å². The first-order chi connectivity index (χ1) is 9.56. The van der Waals surface area contributed by atoms with Crippen molar-refractivity contribution in [3.8, 4) is 0 Å². The molecule has 0 spiro atoms. The van der Waals surface area contributed by atoms with E-state index in [1.165, 1.54) is 26.1 Å². The molecular weight excluding hydrogens is 352 g/mol. The van der Waals surface area contributed by atoms with Gasteiger partial charge in [0.2, 0.25) is 0 Å². The molecule has 1 unspecified atom stereocenters. The Labute approximate surface area is 136 Å². The normalized spacial score (nSPS) is 12.8. The summed E-state index contributed by atoms with van der Waals surface area (Å²) < 4.78 is 1.31. The van der Waals surface area contributed by atoms with Gasteiger partial charge in [-0.25, -0.2) is 0 Å². The van der Waals surface area contributed by atoms with Gasteiger partial charge in [0.15, 0.2) is 0 Å². The number of hydrogen-bond donors (Lipinski definition) is 0. The van der Waals surface area contributed by atoms with Crippen molar-refractivity contribution in [2.75, 3.05) is 0 Å². The van der Waals surface area contributed by atoms with E-state index in [9.17, 15) is 0 Å². The maximum atomic E-state index is 6.42. The summed E-state index contributed by atoms with van der Waals surface area (Å²) in [6, 6.07) is 14.9. The van der Waals surface area contributed by atoms with Gasteiger partial charge in [-0.2, -0.15) is 0 Å². The van der Waals surface area contributed by atoms with Crippen molar-refractivity contribution in [1.29, 1.82) is 0 Å². The van der Waals surface area contributed by atoms with E-state index >= 15 is 0 Å². The minimum absolute atomic E-state index is 0.145. The number of thiophene rings is 1. The fourth-order valence-corrected chi connectivity index (χ4v) is 4.59. The lowest BCUT2D eigenvalue weighted by molar-refractivity contribution is 1.19. The number of fused-ring (bicyclic) bond motifs is 1. The van der Waals surface area contributed by atoms with E-state index in [4.69, 9.17) is 11.6 Å². The molecule has 20 heavy (non-hydrogen) atoms. The van der Waals surface area contributed by atoms with Gasteiger partial charge >= 0.3 is 0 Å². The van der Waals surface area contributed by atoms with Gasteiger partial charge in [-0.3, -0.25) is 0 Å². The summed E-state index contributed by atoms with van der Waals surface area (Å²) in [7, 11) is 0. The minimum Gasteiger partial charge on any atom is -0.139 e. The molecule has 1 atom stereocenters. The second-order valence-corrected chi connectivity index (χ2v) is 7.45. The average Bonchev–Trinajstić information content (AvgIpc) is 2.86. The van der Waals surface area contributed by atoms with E-state index in [1.54, 1.807) is 0 Å². The topological polar surface area (TPSA) is 0 Å². The molecule has 0 amide bonds. The number of aryl methyl sites for hydroxylation is 2. The monoisotopic (exact) mass is 364 g/mol. The fourth-order valence-electron chi connectivity index (χ4n) is 2.28. The van der Waals surface area contributed by atoms with Gasteiger partial charge in [-0.1, -0.05) is 51.8 Å². The maximum absolute atomic E-state index is 6.42. The predicted octanol–water partition coefficient (Wildman–Crippen LogP) is 6.66. The summed E-state index contributed by atoms with van der Waals surface area (Å²) in [6.45, 7) is 4.22. The first-order valence-corrected chi connectivity index (χ1v) is 8.56. The van der Waals surface area contributed by atoms with Crippen LogP contribution in [-0.2, 0) is 0 Å². The number of rotatable bonds is 2. The summed E-state index contributed by atoms with van der Waals surface area (Å²) in [5, 5.41) is 2.12. The second-order valence-electron chi connectivity index (χ2n) is 5.01. The van der Waals surface area contributed by atoms with Crippen molar-refractivity contribution in [2.45, 2.75) is 18.7 Å². The molecule has 0 bridgehead atoms. The van der Waals surface area contributed by atoms with E-state index in [0.717, 1.165) is 10.6 Å². The molecular formula is C17H14BrClS. The Morgan fingerprint density at radius 1 is 1.05 bits per heavy atom. The Kier molecular flexibility index (Phi) is 3.89. The quantitative estimate of drug-likeness (QED) is 0.446. The van der Waals surface area contributed by atoms with Crippen LogP contribution in [0.3, 0.4) is 0 Å². The molecule has 3 heteroatoms. The molecule has 0 radical (unpaired) electrons. The molecule has 102 valence electrons. The molecule has 1 aromatic heterocycles. The largest absolute Gasteiger partial charge is 0.139 e. The van der Waals surface area contributed by atoms with Gasteiger partial charge in [-0.05, 0) is 54.1 Å². The highest BCUT2D eigenvalue weighted by atomic mass is 79.9. The van der Waals surface area contributed by atoms with Crippen molar-refractivity contribution in [2.24, 2.45) is 0 Å². The summed E-state index contributed by atoms with van der Waals surface area (Å²) in [5.41, 5.74) is 3.64. The smallest absolute Gasteiger partial charge is 0.0752 e. The fraction of sp³-hybridized carbons (Fsp3) is 0.176. The van der Waals surface area contributed by atoms with Gasteiger partial charge in [0, 0.05) is 14.6 Å². The first-order valence-electron chi connectivity index (χ1n) is 6.45. The van der Waals surface area contributed by atoms with Crippen molar-refractivity contribution in [1.82, 2.24) is 0 Å². The van der Waals surface area contributed by atoms with Crippen molar-refractivity contribution in [3.63, 3.8) is 0 Å². The summed E-state index contributed by atoms with van der Waals surface area (Å²) in [5.74, 6) is 0. The van der Waals surface area contributed by atoms with Crippen molar-refractivity contribution in [3.05, 3.63) is 69.1 Å². The highest BCUT2D eigenvalue weighted by molar-refractivity contribution is 9.09. The molecule has 0 aliphatic carbocycles. The number of alkyl halides is 1. The standard InChI is InChI=1S/C17H14BrClS/c1-10-7-13(14(19)8-11(10)2)17(18)16-9-12-5-3-4-6-15(12)20-16/h3-9,17H,1-2H3. The third-order valence-electron chi connectivity index (χ3n) is 3.58. The van der Waals surface area contributed by atoms with Crippen molar-refractivity contribution >= 4 is 49.0 Å². The highest BCUT2D eigenvalue weighted by Gasteiger charge is 2.17. The van der Waals surface area contributed by atoms with Crippen LogP contribution < -0.4 is 0 Å². The molecule has 0 aliphatic rings. The zero-order valence-corrected chi connectivity index (χ0v) is 14.4. The Morgan fingerprint density at radius 3 is 2.50 bits per heavy atom. The van der Waals surface area contributed by atoms with Gasteiger partial charge in [0.1, 0.15) is 0 Å². The van der Waals surface area contributed by atoms with E-state index in [2.05, 4.69) is 66.2 Å². The summed E-state index contributed by atoms with van der Waals surface area (Å²) in [4.78, 5) is 1.43. The van der Waals surface area contributed by atoms with E-state index < -0.39 is 0 Å². The lowest BCUT2D eigenvalue weighted by atomic mass is 10.0. The van der Waals surface area contributed by atoms with Crippen LogP contribution >= 0.6 is 38.9 Å². The Bertz CT molecular complexity index is 743. The maximum Gasteiger partial charge on any atom is 0.0752 e. The molecule has 0 saturated carbocycles. The first kappa shape index (κ1) is 14.1. The van der Waals surface area contributed by atoms with Gasteiger partial charge in [-0.15, -0.1) is 11.3 Å². The van der Waals surface area contributed by atoms with E-state index in [0.29, 0.717) is 0 Å². The second kappa shape index (κ2) is 5.51. The molecule has 1 heterocycles. The third kappa shape index (κ3) is 2.52.